The van der Waals surface area contributed by atoms with Crippen molar-refractivity contribution in [1.82, 2.24) is 9.97 Å². The van der Waals surface area contributed by atoms with Crippen molar-refractivity contribution in [3.8, 4) is 11.4 Å². The molecule has 0 saturated carbocycles. The van der Waals surface area contributed by atoms with Crippen LogP contribution in [0.25, 0.3) is 11.4 Å². The molecule has 0 saturated heterocycles. The predicted molar refractivity (Wildman–Crippen MR) is 76.8 cm³/mol. The van der Waals surface area contributed by atoms with Crippen LogP contribution in [0.2, 0.25) is 0 Å². The van der Waals surface area contributed by atoms with E-state index in [0.717, 1.165) is 41.9 Å². The Labute approximate surface area is 113 Å². The second-order valence-corrected chi connectivity index (χ2v) is 5.39. The molecule has 3 nitrogen and oxygen atoms in total. The molecule has 1 atom stereocenters. The molecule has 98 valence electrons. The van der Waals surface area contributed by atoms with E-state index in [4.69, 9.17) is 10.7 Å². The molecule has 0 bridgehead atoms. The molecule has 1 heterocycles. The van der Waals surface area contributed by atoms with Gasteiger partial charge >= 0.3 is 0 Å². The molecule has 1 aromatic heterocycles. The fourth-order valence-electron chi connectivity index (χ4n) is 2.60. The van der Waals surface area contributed by atoms with E-state index in [0.29, 0.717) is 0 Å². The van der Waals surface area contributed by atoms with Crippen molar-refractivity contribution in [3.63, 3.8) is 0 Å². The number of hydrogen-bond donors (Lipinski definition) is 1. The molecule has 3 heteroatoms. The summed E-state index contributed by atoms with van der Waals surface area (Å²) >= 11 is 0. The van der Waals surface area contributed by atoms with Crippen molar-refractivity contribution in [3.05, 3.63) is 46.8 Å². The number of hydrogen-bond acceptors (Lipinski definition) is 3. The fraction of sp³-hybridized carbons (Fsp3) is 0.375. The topological polar surface area (TPSA) is 51.8 Å². The summed E-state index contributed by atoms with van der Waals surface area (Å²) < 4.78 is 0. The molecule has 2 aromatic rings. The van der Waals surface area contributed by atoms with Gasteiger partial charge in [0, 0.05) is 29.1 Å². The van der Waals surface area contributed by atoms with Gasteiger partial charge < -0.3 is 5.73 Å². The zero-order chi connectivity index (χ0) is 13.4. The summed E-state index contributed by atoms with van der Waals surface area (Å²) in [4.78, 5) is 9.21. The Morgan fingerprint density at radius 3 is 2.84 bits per heavy atom. The largest absolute Gasteiger partial charge is 0.324 e. The summed E-state index contributed by atoms with van der Waals surface area (Å²) in [7, 11) is 0. The summed E-state index contributed by atoms with van der Waals surface area (Å²) in [5, 5.41) is 0. The predicted octanol–water partition coefficient (Wildman–Crippen LogP) is 3.10. The van der Waals surface area contributed by atoms with E-state index >= 15 is 0 Å². The van der Waals surface area contributed by atoms with E-state index in [1.54, 1.807) is 0 Å². The van der Waals surface area contributed by atoms with Gasteiger partial charge in [-0.25, -0.2) is 9.97 Å². The Kier molecular flexibility index (Phi) is 3.07. The normalized spacial score (nSPS) is 18.2. The fourth-order valence-corrected chi connectivity index (χ4v) is 2.60. The average molecular weight is 253 g/mol. The van der Waals surface area contributed by atoms with E-state index < -0.39 is 0 Å². The highest BCUT2D eigenvalue weighted by Crippen LogP contribution is 2.28. The summed E-state index contributed by atoms with van der Waals surface area (Å²) in [6, 6.07) is 6.48. The zero-order valence-electron chi connectivity index (χ0n) is 11.5. The summed E-state index contributed by atoms with van der Waals surface area (Å²) in [5.41, 5.74) is 12.0. The third-order valence-electron chi connectivity index (χ3n) is 3.99. The molecule has 1 aliphatic rings. The first kappa shape index (κ1) is 12.3. The number of aryl methyl sites for hydroxylation is 3. The molecule has 19 heavy (non-hydrogen) atoms. The first-order chi connectivity index (χ1) is 9.15. The van der Waals surface area contributed by atoms with Gasteiger partial charge in [-0.1, -0.05) is 12.1 Å². The Hall–Kier alpha value is -1.74. The minimum atomic E-state index is 0.109. The summed E-state index contributed by atoms with van der Waals surface area (Å²) in [6.07, 6.45) is 5.09. The number of nitrogens with two attached hydrogens (primary N) is 1. The molecule has 0 spiro atoms. The smallest absolute Gasteiger partial charge is 0.159 e. The molecular formula is C16H19N3. The van der Waals surface area contributed by atoms with Crippen LogP contribution < -0.4 is 5.73 Å². The van der Waals surface area contributed by atoms with Crippen LogP contribution >= 0.6 is 0 Å². The second kappa shape index (κ2) is 4.74. The van der Waals surface area contributed by atoms with E-state index in [-0.39, 0.29) is 6.04 Å². The van der Waals surface area contributed by atoms with Crippen molar-refractivity contribution < 1.29 is 0 Å². The van der Waals surface area contributed by atoms with E-state index in [1.807, 2.05) is 6.20 Å². The van der Waals surface area contributed by atoms with Crippen LogP contribution in [0.5, 0.6) is 0 Å². The third-order valence-corrected chi connectivity index (χ3v) is 3.99. The maximum atomic E-state index is 6.10. The van der Waals surface area contributed by atoms with Crippen LogP contribution in [0, 0.1) is 13.8 Å². The Bertz CT molecular complexity index is 619. The van der Waals surface area contributed by atoms with Gasteiger partial charge in [0.25, 0.3) is 0 Å². The Balaban J connectivity index is 2.04. The molecule has 3 rings (SSSR count). The summed E-state index contributed by atoms with van der Waals surface area (Å²) in [5.74, 6) is 0.816. The van der Waals surface area contributed by atoms with Crippen molar-refractivity contribution in [2.45, 2.75) is 39.2 Å². The van der Waals surface area contributed by atoms with E-state index in [2.05, 4.69) is 37.0 Å². The highest BCUT2D eigenvalue weighted by atomic mass is 14.9. The maximum absolute atomic E-state index is 6.10. The second-order valence-electron chi connectivity index (χ2n) is 5.39. The Morgan fingerprint density at radius 1 is 1.21 bits per heavy atom. The molecule has 1 aromatic carbocycles. The Morgan fingerprint density at radius 2 is 2.05 bits per heavy atom. The lowest BCUT2D eigenvalue weighted by molar-refractivity contribution is 0.557. The van der Waals surface area contributed by atoms with Crippen LogP contribution in [0.4, 0.5) is 0 Å². The van der Waals surface area contributed by atoms with Gasteiger partial charge in [-0.3, -0.25) is 0 Å². The lowest BCUT2D eigenvalue weighted by Crippen LogP contribution is -2.19. The van der Waals surface area contributed by atoms with Gasteiger partial charge in [-0.05, 0) is 50.3 Å². The summed E-state index contributed by atoms with van der Waals surface area (Å²) in [6.45, 7) is 4.24. The number of fused-ring (bicyclic) bond motifs is 1. The van der Waals surface area contributed by atoms with Gasteiger partial charge in [0.15, 0.2) is 5.82 Å². The van der Waals surface area contributed by atoms with Crippen molar-refractivity contribution in [1.29, 1.82) is 0 Å². The molecule has 0 amide bonds. The van der Waals surface area contributed by atoms with Crippen molar-refractivity contribution >= 4 is 0 Å². The minimum Gasteiger partial charge on any atom is -0.324 e. The SMILES string of the molecule is Cc1ccc(-c2ncc3c(n2)CCCC3N)cc1C. The molecule has 0 aliphatic heterocycles. The monoisotopic (exact) mass is 253 g/mol. The van der Waals surface area contributed by atoms with Gasteiger partial charge in [0.2, 0.25) is 0 Å². The molecule has 1 unspecified atom stereocenters. The quantitative estimate of drug-likeness (QED) is 0.849. The molecular weight excluding hydrogens is 234 g/mol. The number of rotatable bonds is 1. The van der Waals surface area contributed by atoms with Gasteiger partial charge in [0.05, 0.1) is 0 Å². The standard InChI is InChI=1S/C16H19N3/c1-10-6-7-12(8-11(10)2)16-18-9-13-14(17)4-3-5-15(13)19-16/h6-9,14H,3-5,17H2,1-2H3. The number of benzene rings is 1. The van der Waals surface area contributed by atoms with Crippen LogP contribution in [0.3, 0.4) is 0 Å². The van der Waals surface area contributed by atoms with Crippen molar-refractivity contribution in [2.75, 3.05) is 0 Å². The average Bonchev–Trinajstić information content (AvgIpc) is 2.42. The van der Waals surface area contributed by atoms with Crippen LogP contribution in [-0.4, -0.2) is 9.97 Å². The lowest BCUT2D eigenvalue weighted by atomic mass is 9.93. The molecule has 1 aliphatic carbocycles. The van der Waals surface area contributed by atoms with Gasteiger partial charge in [-0.2, -0.15) is 0 Å². The first-order valence-corrected chi connectivity index (χ1v) is 6.84. The zero-order valence-corrected chi connectivity index (χ0v) is 11.5. The molecule has 0 fully saturated rings. The van der Waals surface area contributed by atoms with Gasteiger partial charge in [-0.15, -0.1) is 0 Å². The van der Waals surface area contributed by atoms with Crippen molar-refractivity contribution in [2.24, 2.45) is 5.73 Å². The van der Waals surface area contributed by atoms with Gasteiger partial charge in [0.1, 0.15) is 0 Å². The number of nitrogens with zero attached hydrogens (tertiary/aromatic N) is 2. The maximum Gasteiger partial charge on any atom is 0.159 e. The van der Waals surface area contributed by atoms with Crippen LogP contribution in [0.15, 0.2) is 24.4 Å². The first-order valence-electron chi connectivity index (χ1n) is 6.84. The van der Waals surface area contributed by atoms with Crippen LogP contribution in [-0.2, 0) is 6.42 Å². The lowest BCUT2D eigenvalue weighted by Gasteiger charge is -2.21. The highest BCUT2D eigenvalue weighted by molar-refractivity contribution is 5.57. The minimum absolute atomic E-state index is 0.109. The highest BCUT2D eigenvalue weighted by Gasteiger charge is 2.19. The molecule has 2 N–H and O–H groups in total. The van der Waals surface area contributed by atoms with E-state index in [1.165, 1.54) is 11.1 Å². The molecule has 0 radical (unpaired) electrons. The van der Waals surface area contributed by atoms with Crippen LogP contribution in [0.1, 0.15) is 41.3 Å². The number of aromatic nitrogens is 2. The third kappa shape index (κ3) is 2.26. The van der Waals surface area contributed by atoms with E-state index in [9.17, 15) is 0 Å².